The molecule has 2 aromatic carbocycles. The molecule has 0 aliphatic carbocycles. The molecule has 1 heterocycles. The average molecular weight is 372 g/mol. The van der Waals surface area contributed by atoms with Crippen LogP contribution < -0.4 is 0 Å². The lowest BCUT2D eigenvalue weighted by molar-refractivity contribution is -0.137. The second-order valence-corrected chi connectivity index (χ2v) is 5.86. The molecule has 120 valence electrons. The average Bonchev–Trinajstić information content (AvgIpc) is 2.88. The number of aromatic nitrogens is 2. The third kappa shape index (κ3) is 3.96. The smallest absolute Gasteiger partial charge is 0.304 e. The van der Waals surface area contributed by atoms with Gasteiger partial charge in [-0.15, -0.1) is 12.4 Å². The highest BCUT2D eigenvalue weighted by atomic mass is 35.5. The van der Waals surface area contributed by atoms with Crippen LogP contribution in [0.4, 0.5) is 0 Å². The van der Waals surface area contributed by atoms with Crippen molar-refractivity contribution in [2.45, 2.75) is 12.3 Å². The maximum absolute atomic E-state index is 11.2. The van der Waals surface area contributed by atoms with Crippen molar-refractivity contribution in [3.05, 3.63) is 63.9 Å². The summed E-state index contributed by atoms with van der Waals surface area (Å²) in [5.74, 6) is -0.665. The van der Waals surface area contributed by atoms with Crippen LogP contribution in [0.2, 0.25) is 10.0 Å². The maximum Gasteiger partial charge on any atom is 0.304 e. The lowest BCUT2D eigenvalue weighted by atomic mass is 9.95. The van der Waals surface area contributed by atoms with Crippen LogP contribution >= 0.6 is 35.6 Å². The molecule has 4 nitrogen and oxygen atoms in total. The SMILES string of the molecule is Cl.O=C(O)CC(c1ccc(Cl)cc1)c1nc2ccc(Cl)cc2[nH]1. The first kappa shape index (κ1) is 17.6. The van der Waals surface area contributed by atoms with E-state index in [1.54, 1.807) is 30.3 Å². The van der Waals surface area contributed by atoms with Gasteiger partial charge in [0.15, 0.2) is 0 Å². The van der Waals surface area contributed by atoms with Crippen LogP contribution in [0.25, 0.3) is 11.0 Å². The molecule has 0 radical (unpaired) electrons. The Balaban J connectivity index is 0.00000192. The number of carboxylic acids is 1. The molecule has 0 saturated heterocycles. The molecular weight excluding hydrogens is 359 g/mol. The minimum atomic E-state index is -0.890. The molecule has 1 unspecified atom stereocenters. The molecule has 0 spiro atoms. The summed E-state index contributed by atoms with van der Waals surface area (Å²) in [5, 5.41) is 10.4. The van der Waals surface area contributed by atoms with E-state index in [0.29, 0.717) is 15.9 Å². The standard InChI is InChI=1S/C16H12Cl2N2O2.ClH/c17-10-3-1-9(2-4-10)12(8-15(21)22)16-19-13-6-5-11(18)7-14(13)20-16;/h1-7,12H,8H2,(H,19,20)(H,21,22);1H. The third-order valence-electron chi connectivity index (χ3n) is 3.44. The first-order valence-corrected chi connectivity index (χ1v) is 7.41. The Morgan fingerprint density at radius 3 is 2.43 bits per heavy atom. The van der Waals surface area contributed by atoms with Gasteiger partial charge in [-0.1, -0.05) is 35.3 Å². The van der Waals surface area contributed by atoms with Crippen molar-refractivity contribution in [3.8, 4) is 0 Å². The van der Waals surface area contributed by atoms with Crippen molar-refractivity contribution in [2.24, 2.45) is 0 Å². The first-order valence-electron chi connectivity index (χ1n) is 6.65. The Kier molecular flexibility index (Phi) is 5.52. The molecule has 0 fully saturated rings. The highest BCUT2D eigenvalue weighted by molar-refractivity contribution is 6.31. The molecule has 7 heteroatoms. The summed E-state index contributed by atoms with van der Waals surface area (Å²) >= 11 is 11.9. The normalized spacial score (nSPS) is 11.9. The number of nitrogens with zero attached hydrogens (tertiary/aromatic N) is 1. The Bertz CT molecular complexity index is 831. The second kappa shape index (κ2) is 7.21. The van der Waals surface area contributed by atoms with E-state index in [-0.39, 0.29) is 24.7 Å². The van der Waals surface area contributed by atoms with Gasteiger partial charge in [0.2, 0.25) is 0 Å². The molecule has 23 heavy (non-hydrogen) atoms. The molecule has 0 aliphatic rings. The van der Waals surface area contributed by atoms with E-state index in [9.17, 15) is 9.90 Å². The number of benzene rings is 2. The van der Waals surface area contributed by atoms with Crippen LogP contribution in [0.3, 0.4) is 0 Å². The predicted molar refractivity (Wildman–Crippen MR) is 93.9 cm³/mol. The van der Waals surface area contributed by atoms with Crippen molar-refractivity contribution < 1.29 is 9.90 Å². The molecule has 0 aliphatic heterocycles. The topological polar surface area (TPSA) is 66.0 Å². The van der Waals surface area contributed by atoms with Gasteiger partial charge in [-0.05, 0) is 35.9 Å². The molecule has 0 amide bonds. The summed E-state index contributed by atoms with van der Waals surface area (Å²) in [5.41, 5.74) is 2.38. The van der Waals surface area contributed by atoms with Crippen molar-refractivity contribution in [1.82, 2.24) is 9.97 Å². The van der Waals surface area contributed by atoms with E-state index in [0.717, 1.165) is 16.6 Å². The Morgan fingerprint density at radius 2 is 1.78 bits per heavy atom. The third-order valence-corrected chi connectivity index (χ3v) is 3.93. The summed E-state index contributed by atoms with van der Waals surface area (Å²) in [6, 6.07) is 12.4. The number of halogens is 3. The number of carbonyl (C=O) groups is 1. The number of aliphatic carboxylic acids is 1. The predicted octanol–water partition coefficient (Wildman–Crippen LogP) is 4.90. The van der Waals surface area contributed by atoms with E-state index in [1.165, 1.54) is 0 Å². The fraction of sp³-hybridized carbons (Fsp3) is 0.125. The van der Waals surface area contributed by atoms with Gasteiger partial charge in [-0.3, -0.25) is 4.79 Å². The lowest BCUT2D eigenvalue weighted by Gasteiger charge is -2.12. The highest BCUT2D eigenvalue weighted by Crippen LogP contribution is 2.29. The zero-order valence-electron chi connectivity index (χ0n) is 11.8. The summed E-state index contributed by atoms with van der Waals surface area (Å²) < 4.78 is 0. The van der Waals surface area contributed by atoms with Gasteiger partial charge in [-0.25, -0.2) is 4.98 Å². The second-order valence-electron chi connectivity index (χ2n) is 4.99. The number of H-pyrrole nitrogens is 1. The Hall–Kier alpha value is -1.75. The van der Waals surface area contributed by atoms with Crippen LogP contribution in [0.1, 0.15) is 23.7 Å². The molecular formula is C16H13Cl3N2O2. The van der Waals surface area contributed by atoms with Crippen LogP contribution in [0.5, 0.6) is 0 Å². The number of hydrogen-bond acceptors (Lipinski definition) is 2. The summed E-state index contributed by atoms with van der Waals surface area (Å²) in [6.45, 7) is 0. The molecule has 1 aromatic heterocycles. The summed E-state index contributed by atoms with van der Waals surface area (Å²) in [4.78, 5) is 18.9. The number of rotatable bonds is 4. The zero-order chi connectivity index (χ0) is 15.7. The largest absolute Gasteiger partial charge is 0.481 e. The van der Waals surface area contributed by atoms with E-state index in [1.807, 2.05) is 12.1 Å². The molecule has 2 N–H and O–H groups in total. The molecule has 0 bridgehead atoms. The highest BCUT2D eigenvalue weighted by Gasteiger charge is 2.21. The van der Waals surface area contributed by atoms with E-state index in [2.05, 4.69) is 9.97 Å². The lowest BCUT2D eigenvalue weighted by Crippen LogP contribution is -2.09. The van der Waals surface area contributed by atoms with Gasteiger partial charge in [-0.2, -0.15) is 0 Å². The first-order chi connectivity index (χ1) is 10.5. The van der Waals surface area contributed by atoms with Gasteiger partial charge >= 0.3 is 5.97 Å². The van der Waals surface area contributed by atoms with Crippen molar-refractivity contribution in [2.75, 3.05) is 0 Å². The zero-order valence-corrected chi connectivity index (χ0v) is 14.1. The van der Waals surface area contributed by atoms with Gasteiger partial charge in [0.25, 0.3) is 0 Å². The quantitative estimate of drug-likeness (QED) is 0.685. The molecule has 0 saturated carbocycles. The van der Waals surface area contributed by atoms with Gasteiger partial charge < -0.3 is 10.1 Å². The van der Waals surface area contributed by atoms with E-state index in [4.69, 9.17) is 23.2 Å². The minimum absolute atomic E-state index is 0. The van der Waals surface area contributed by atoms with Crippen molar-refractivity contribution in [3.63, 3.8) is 0 Å². The summed E-state index contributed by atoms with van der Waals surface area (Å²) in [6.07, 6.45) is -0.0603. The number of nitrogens with one attached hydrogen (secondary N) is 1. The number of carboxylic acid groups (broad SMARTS) is 1. The number of imidazole rings is 1. The summed E-state index contributed by atoms with van der Waals surface area (Å²) in [7, 11) is 0. The van der Waals surface area contributed by atoms with Crippen molar-refractivity contribution >= 4 is 52.6 Å². The van der Waals surface area contributed by atoms with E-state index < -0.39 is 5.97 Å². The van der Waals surface area contributed by atoms with Gasteiger partial charge in [0, 0.05) is 10.0 Å². The Labute approximate surface area is 148 Å². The van der Waals surface area contributed by atoms with Crippen LogP contribution in [0, 0.1) is 0 Å². The maximum atomic E-state index is 11.2. The number of fused-ring (bicyclic) bond motifs is 1. The molecule has 3 aromatic rings. The Morgan fingerprint density at radius 1 is 1.13 bits per heavy atom. The molecule has 1 atom stereocenters. The fourth-order valence-corrected chi connectivity index (χ4v) is 2.71. The monoisotopic (exact) mass is 370 g/mol. The van der Waals surface area contributed by atoms with Crippen molar-refractivity contribution in [1.29, 1.82) is 0 Å². The van der Waals surface area contributed by atoms with Gasteiger partial charge in [0.05, 0.1) is 23.4 Å². The number of hydrogen-bond donors (Lipinski definition) is 2. The van der Waals surface area contributed by atoms with Gasteiger partial charge in [0.1, 0.15) is 5.82 Å². The van der Waals surface area contributed by atoms with Crippen LogP contribution in [0.15, 0.2) is 42.5 Å². The van der Waals surface area contributed by atoms with Crippen LogP contribution in [-0.2, 0) is 4.79 Å². The van der Waals surface area contributed by atoms with E-state index >= 15 is 0 Å². The molecule has 3 rings (SSSR count). The fourth-order valence-electron chi connectivity index (χ4n) is 2.41. The minimum Gasteiger partial charge on any atom is -0.481 e. The van der Waals surface area contributed by atoms with Crippen LogP contribution in [-0.4, -0.2) is 21.0 Å². The number of aromatic amines is 1.